The summed E-state index contributed by atoms with van der Waals surface area (Å²) >= 11 is 1.35. The SMILES string of the molecule is Cc1ccc(NC(=O)CSc2nnc(-c3ccccc3)n2Cc2ccco2)cc1C. The number of furan rings is 1. The van der Waals surface area contributed by atoms with Gasteiger partial charge in [-0.05, 0) is 49.2 Å². The van der Waals surface area contributed by atoms with Crippen molar-refractivity contribution in [3.63, 3.8) is 0 Å². The van der Waals surface area contributed by atoms with Crippen molar-refractivity contribution in [3.8, 4) is 11.4 Å². The molecule has 0 radical (unpaired) electrons. The fourth-order valence-corrected chi connectivity index (χ4v) is 3.78. The lowest BCUT2D eigenvalue weighted by Gasteiger charge is -2.10. The molecular formula is C23H22N4O2S. The Balaban J connectivity index is 1.51. The van der Waals surface area contributed by atoms with Crippen molar-refractivity contribution < 1.29 is 9.21 Å². The lowest BCUT2D eigenvalue weighted by Crippen LogP contribution is -2.15. The quantitative estimate of drug-likeness (QED) is 0.431. The minimum absolute atomic E-state index is 0.0861. The summed E-state index contributed by atoms with van der Waals surface area (Å²) in [4.78, 5) is 12.5. The van der Waals surface area contributed by atoms with Crippen LogP contribution in [0.5, 0.6) is 0 Å². The number of aryl methyl sites for hydroxylation is 2. The summed E-state index contributed by atoms with van der Waals surface area (Å²) < 4.78 is 7.49. The minimum atomic E-state index is -0.0861. The fraction of sp³-hybridized carbons (Fsp3) is 0.174. The maximum absolute atomic E-state index is 12.5. The van der Waals surface area contributed by atoms with E-state index in [0.29, 0.717) is 11.7 Å². The van der Waals surface area contributed by atoms with Crippen LogP contribution in [0.4, 0.5) is 5.69 Å². The Kier molecular flexibility index (Phi) is 5.99. The van der Waals surface area contributed by atoms with Gasteiger partial charge >= 0.3 is 0 Å². The van der Waals surface area contributed by atoms with Crippen LogP contribution >= 0.6 is 11.8 Å². The Morgan fingerprint density at radius 3 is 2.60 bits per heavy atom. The van der Waals surface area contributed by atoms with E-state index >= 15 is 0 Å². The molecule has 4 aromatic rings. The molecule has 30 heavy (non-hydrogen) atoms. The van der Waals surface area contributed by atoms with Gasteiger partial charge in [-0.15, -0.1) is 10.2 Å². The van der Waals surface area contributed by atoms with Crippen LogP contribution in [-0.4, -0.2) is 26.4 Å². The van der Waals surface area contributed by atoms with Gasteiger partial charge in [-0.3, -0.25) is 9.36 Å². The molecule has 0 aliphatic carbocycles. The Morgan fingerprint density at radius 1 is 1.03 bits per heavy atom. The van der Waals surface area contributed by atoms with Gasteiger partial charge in [-0.2, -0.15) is 0 Å². The number of carbonyl (C=O) groups excluding carboxylic acids is 1. The van der Waals surface area contributed by atoms with Gasteiger partial charge in [0.05, 0.1) is 18.6 Å². The predicted octanol–water partition coefficient (Wildman–Crippen LogP) is 4.93. The summed E-state index contributed by atoms with van der Waals surface area (Å²) in [5, 5.41) is 12.3. The van der Waals surface area contributed by atoms with Crippen molar-refractivity contribution in [2.45, 2.75) is 25.5 Å². The Labute approximate surface area is 179 Å². The number of amides is 1. The summed E-state index contributed by atoms with van der Waals surface area (Å²) in [6.07, 6.45) is 1.64. The number of rotatable bonds is 7. The van der Waals surface area contributed by atoms with Gasteiger partial charge in [0.1, 0.15) is 5.76 Å². The fourth-order valence-electron chi connectivity index (χ4n) is 3.04. The van der Waals surface area contributed by atoms with E-state index in [2.05, 4.69) is 15.5 Å². The average Bonchev–Trinajstić information content (AvgIpc) is 3.40. The first-order chi connectivity index (χ1) is 14.6. The van der Waals surface area contributed by atoms with Gasteiger partial charge in [-0.1, -0.05) is 48.2 Å². The summed E-state index contributed by atoms with van der Waals surface area (Å²) in [5.74, 6) is 1.69. The lowest BCUT2D eigenvalue weighted by molar-refractivity contribution is -0.113. The molecule has 6 nitrogen and oxygen atoms in total. The maximum atomic E-state index is 12.5. The van der Waals surface area contributed by atoms with Crippen LogP contribution in [0.3, 0.4) is 0 Å². The Morgan fingerprint density at radius 2 is 1.87 bits per heavy atom. The van der Waals surface area contributed by atoms with E-state index < -0.39 is 0 Å². The molecule has 0 unspecified atom stereocenters. The second-order valence-electron chi connectivity index (χ2n) is 6.97. The maximum Gasteiger partial charge on any atom is 0.234 e. The first kappa shape index (κ1) is 20.0. The molecule has 4 rings (SSSR count). The van der Waals surface area contributed by atoms with Crippen LogP contribution in [0.1, 0.15) is 16.9 Å². The van der Waals surface area contributed by atoms with E-state index in [1.54, 1.807) is 6.26 Å². The van der Waals surface area contributed by atoms with Crippen LogP contribution in [0.15, 0.2) is 76.5 Å². The zero-order valence-electron chi connectivity index (χ0n) is 16.8. The number of benzene rings is 2. The monoisotopic (exact) mass is 418 g/mol. The van der Waals surface area contributed by atoms with Crippen LogP contribution < -0.4 is 5.32 Å². The molecule has 1 N–H and O–H groups in total. The highest BCUT2D eigenvalue weighted by Gasteiger charge is 2.17. The van der Waals surface area contributed by atoms with Gasteiger partial charge in [0.2, 0.25) is 5.91 Å². The molecule has 0 fully saturated rings. The van der Waals surface area contributed by atoms with Crippen molar-refractivity contribution in [1.29, 1.82) is 0 Å². The molecule has 1 amide bonds. The third-order valence-corrected chi connectivity index (χ3v) is 5.73. The van der Waals surface area contributed by atoms with Crippen molar-refractivity contribution in [2.24, 2.45) is 0 Å². The second kappa shape index (κ2) is 9.00. The van der Waals surface area contributed by atoms with Crippen molar-refractivity contribution in [1.82, 2.24) is 14.8 Å². The lowest BCUT2D eigenvalue weighted by atomic mass is 10.1. The number of aromatic nitrogens is 3. The molecule has 2 aromatic heterocycles. The summed E-state index contributed by atoms with van der Waals surface area (Å²) in [6, 6.07) is 19.5. The van der Waals surface area contributed by atoms with E-state index in [-0.39, 0.29) is 11.7 Å². The summed E-state index contributed by atoms with van der Waals surface area (Å²) in [6.45, 7) is 4.57. The van der Waals surface area contributed by atoms with E-state index in [4.69, 9.17) is 4.42 Å². The standard InChI is InChI=1S/C23H22N4O2S/c1-16-10-11-19(13-17(16)2)24-21(28)15-30-23-26-25-22(18-7-4-3-5-8-18)27(23)14-20-9-6-12-29-20/h3-13H,14-15H2,1-2H3,(H,24,28). The second-order valence-corrected chi connectivity index (χ2v) is 7.92. The van der Waals surface area contributed by atoms with Gasteiger partial charge in [0, 0.05) is 11.3 Å². The van der Waals surface area contributed by atoms with E-state index in [9.17, 15) is 4.79 Å². The zero-order valence-corrected chi connectivity index (χ0v) is 17.6. The third kappa shape index (κ3) is 4.63. The predicted molar refractivity (Wildman–Crippen MR) is 119 cm³/mol. The van der Waals surface area contributed by atoms with Crippen LogP contribution in [0, 0.1) is 13.8 Å². The Bertz CT molecular complexity index is 1140. The van der Waals surface area contributed by atoms with Crippen LogP contribution in [-0.2, 0) is 11.3 Å². The largest absolute Gasteiger partial charge is 0.467 e. The van der Waals surface area contributed by atoms with E-state index in [1.165, 1.54) is 17.3 Å². The molecule has 0 spiro atoms. The minimum Gasteiger partial charge on any atom is -0.467 e. The molecular weight excluding hydrogens is 396 g/mol. The Hall–Kier alpha value is -3.32. The van der Waals surface area contributed by atoms with Crippen molar-refractivity contribution in [3.05, 3.63) is 83.8 Å². The number of thioether (sulfide) groups is 1. The van der Waals surface area contributed by atoms with E-state index in [1.807, 2.05) is 79.1 Å². The van der Waals surface area contributed by atoms with Gasteiger partial charge in [0.25, 0.3) is 0 Å². The molecule has 0 aliphatic rings. The molecule has 0 saturated heterocycles. The number of hydrogen-bond acceptors (Lipinski definition) is 5. The van der Waals surface area contributed by atoms with Gasteiger partial charge in [-0.25, -0.2) is 0 Å². The molecule has 0 atom stereocenters. The summed E-state index contributed by atoms with van der Waals surface area (Å²) in [7, 11) is 0. The molecule has 0 saturated carbocycles. The highest BCUT2D eigenvalue weighted by molar-refractivity contribution is 7.99. The first-order valence-electron chi connectivity index (χ1n) is 9.61. The number of hydrogen-bond donors (Lipinski definition) is 1. The summed E-state index contributed by atoms with van der Waals surface area (Å²) in [5.41, 5.74) is 4.10. The molecule has 7 heteroatoms. The molecule has 0 bridgehead atoms. The third-order valence-electron chi connectivity index (χ3n) is 4.77. The van der Waals surface area contributed by atoms with Crippen LogP contribution in [0.25, 0.3) is 11.4 Å². The molecule has 152 valence electrons. The number of nitrogens with one attached hydrogen (secondary N) is 1. The van der Waals surface area contributed by atoms with Gasteiger partial charge < -0.3 is 9.73 Å². The normalized spacial score (nSPS) is 10.9. The first-order valence-corrected chi connectivity index (χ1v) is 10.6. The van der Waals surface area contributed by atoms with Crippen LogP contribution in [0.2, 0.25) is 0 Å². The molecule has 0 aliphatic heterocycles. The van der Waals surface area contributed by atoms with E-state index in [0.717, 1.165) is 28.4 Å². The topological polar surface area (TPSA) is 73.0 Å². The average molecular weight is 419 g/mol. The molecule has 2 heterocycles. The smallest absolute Gasteiger partial charge is 0.234 e. The van der Waals surface area contributed by atoms with Gasteiger partial charge in [0.15, 0.2) is 11.0 Å². The van der Waals surface area contributed by atoms with Crippen molar-refractivity contribution >= 4 is 23.4 Å². The highest BCUT2D eigenvalue weighted by Crippen LogP contribution is 2.25. The number of nitrogens with zero attached hydrogens (tertiary/aromatic N) is 3. The number of carbonyl (C=O) groups is 1. The van der Waals surface area contributed by atoms with Crippen molar-refractivity contribution in [2.75, 3.05) is 11.1 Å². The highest BCUT2D eigenvalue weighted by atomic mass is 32.2. The zero-order chi connectivity index (χ0) is 20.9. The molecule has 2 aromatic carbocycles. The number of anilines is 1.